The maximum absolute atomic E-state index is 5.71. The van der Waals surface area contributed by atoms with Gasteiger partial charge in [0.2, 0.25) is 0 Å². The lowest BCUT2D eigenvalue weighted by Gasteiger charge is -2.27. The Kier molecular flexibility index (Phi) is 11.4. The third kappa shape index (κ3) is 7.15. The normalized spacial score (nSPS) is 15.8. The van der Waals surface area contributed by atoms with Crippen LogP contribution in [0, 0.1) is 0 Å². The quantitative estimate of drug-likeness (QED) is 0.250. The Bertz CT molecular complexity index is 558. The molecule has 146 valence electrons. The second-order valence-electron chi connectivity index (χ2n) is 6.32. The number of hydrogen-bond donors (Lipinski definition) is 2. The van der Waals surface area contributed by atoms with Crippen LogP contribution in [-0.2, 0) is 6.54 Å². The van der Waals surface area contributed by atoms with Crippen molar-refractivity contribution in [2.75, 3.05) is 33.3 Å². The van der Waals surface area contributed by atoms with Gasteiger partial charge in [-0.15, -0.1) is 24.0 Å². The fraction of sp³-hybridized carbons (Fsp3) is 0.550. The number of rotatable bonds is 9. The molecule has 1 unspecified atom stereocenters. The first-order chi connectivity index (χ1) is 12.3. The number of guanidine groups is 1. The molecule has 0 radical (unpaired) electrons. The molecule has 6 heteroatoms. The van der Waals surface area contributed by atoms with Crippen LogP contribution in [0.15, 0.2) is 41.9 Å². The van der Waals surface area contributed by atoms with E-state index in [4.69, 9.17) is 4.74 Å². The number of nitrogens with zero attached hydrogens (tertiary/aromatic N) is 2. The van der Waals surface area contributed by atoms with Crippen LogP contribution in [0.2, 0.25) is 0 Å². The van der Waals surface area contributed by atoms with Crippen LogP contribution in [0.1, 0.15) is 31.7 Å². The van der Waals surface area contributed by atoms with Crippen molar-refractivity contribution in [2.24, 2.45) is 4.99 Å². The Hall–Kier alpha value is -1.28. The summed E-state index contributed by atoms with van der Waals surface area (Å²) in [5.74, 6) is 1.71. The third-order valence-corrected chi connectivity index (χ3v) is 4.63. The molecular formula is C20H33IN4O. The lowest BCUT2D eigenvalue weighted by Crippen LogP contribution is -2.46. The van der Waals surface area contributed by atoms with Gasteiger partial charge in [0.05, 0.1) is 0 Å². The summed E-state index contributed by atoms with van der Waals surface area (Å²) < 4.78 is 5.71. The molecule has 2 N–H and O–H groups in total. The molecule has 1 aliphatic heterocycles. The molecule has 1 aliphatic rings. The van der Waals surface area contributed by atoms with Crippen LogP contribution in [-0.4, -0.2) is 50.2 Å². The zero-order valence-corrected chi connectivity index (χ0v) is 18.4. The average Bonchev–Trinajstić information content (AvgIpc) is 3.18. The van der Waals surface area contributed by atoms with E-state index in [9.17, 15) is 0 Å². The zero-order chi connectivity index (χ0) is 17.9. The molecule has 0 aliphatic carbocycles. The fourth-order valence-electron chi connectivity index (χ4n) is 3.19. The van der Waals surface area contributed by atoms with Crippen molar-refractivity contribution in [1.29, 1.82) is 0 Å². The van der Waals surface area contributed by atoms with Gasteiger partial charge in [0.1, 0.15) is 12.4 Å². The first-order valence-corrected chi connectivity index (χ1v) is 9.28. The summed E-state index contributed by atoms with van der Waals surface area (Å²) in [7, 11) is 1.81. The lowest BCUT2D eigenvalue weighted by atomic mass is 10.2. The Morgan fingerprint density at radius 2 is 2.04 bits per heavy atom. The summed E-state index contributed by atoms with van der Waals surface area (Å²) in [5.41, 5.74) is 1.11. The van der Waals surface area contributed by atoms with Gasteiger partial charge >= 0.3 is 0 Å². The average molecular weight is 472 g/mol. The maximum Gasteiger partial charge on any atom is 0.191 e. The number of nitrogens with one attached hydrogen (secondary N) is 2. The summed E-state index contributed by atoms with van der Waals surface area (Å²) in [6.45, 7) is 10.5. The van der Waals surface area contributed by atoms with E-state index in [1.54, 1.807) is 6.08 Å². The number of halogens is 1. The van der Waals surface area contributed by atoms with Crippen molar-refractivity contribution in [3.63, 3.8) is 0 Å². The van der Waals surface area contributed by atoms with Gasteiger partial charge in [0.25, 0.3) is 0 Å². The van der Waals surface area contributed by atoms with Crippen LogP contribution in [0.5, 0.6) is 5.75 Å². The van der Waals surface area contributed by atoms with E-state index in [-0.39, 0.29) is 24.0 Å². The van der Waals surface area contributed by atoms with Gasteiger partial charge in [0, 0.05) is 31.7 Å². The smallest absolute Gasteiger partial charge is 0.191 e. The predicted octanol–water partition coefficient (Wildman–Crippen LogP) is 3.41. The molecular weight excluding hydrogens is 439 g/mol. The molecule has 2 rings (SSSR count). The highest BCUT2D eigenvalue weighted by Gasteiger charge is 2.20. The van der Waals surface area contributed by atoms with Gasteiger partial charge in [-0.2, -0.15) is 0 Å². The fourth-order valence-corrected chi connectivity index (χ4v) is 3.19. The van der Waals surface area contributed by atoms with E-state index < -0.39 is 0 Å². The second-order valence-corrected chi connectivity index (χ2v) is 6.32. The first kappa shape index (κ1) is 22.8. The van der Waals surface area contributed by atoms with Crippen molar-refractivity contribution in [2.45, 2.75) is 38.8 Å². The van der Waals surface area contributed by atoms with E-state index >= 15 is 0 Å². The van der Waals surface area contributed by atoms with E-state index in [0.29, 0.717) is 19.2 Å². The number of para-hydroxylation sites is 1. The molecule has 1 saturated heterocycles. The van der Waals surface area contributed by atoms with Gasteiger partial charge in [0.15, 0.2) is 5.96 Å². The molecule has 0 aromatic heterocycles. The highest BCUT2D eigenvalue weighted by Crippen LogP contribution is 2.17. The molecule has 0 amide bonds. The monoisotopic (exact) mass is 472 g/mol. The van der Waals surface area contributed by atoms with Gasteiger partial charge < -0.3 is 15.4 Å². The molecule has 0 saturated carbocycles. The van der Waals surface area contributed by atoms with Crippen molar-refractivity contribution in [3.05, 3.63) is 42.5 Å². The Balaban J connectivity index is 0.00000338. The van der Waals surface area contributed by atoms with Crippen LogP contribution < -0.4 is 15.4 Å². The van der Waals surface area contributed by atoms with Crippen LogP contribution >= 0.6 is 24.0 Å². The number of benzene rings is 1. The van der Waals surface area contributed by atoms with Crippen molar-refractivity contribution >= 4 is 29.9 Å². The zero-order valence-electron chi connectivity index (χ0n) is 16.0. The Labute approximate surface area is 175 Å². The minimum atomic E-state index is 0. The number of likely N-dealkylation sites (tertiary alicyclic amines) is 1. The SMILES string of the molecule is C=CCOc1ccccc1CNC(=NC)NCC(CC)N1CCCC1.I. The summed E-state index contributed by atoms with van der Waals surface area (Å²) in [4.78, 5) is 6.93. The highest BCUT2D eigenvalue weighted by molar-refractivity contribution is 14.0. The van der Waals surface area contributed by atoms with Gasteiger partial charge in [-0.25, -0.2) is 0 Å². The molecule has 0 bridgehead atoms. The summed E-state index contributed by atoms with van der Waals surface area (Å²) in [6, 6.07) is 8.63. The van der Waals surface area contributed by atoms with Crippen LogP contribution in [0.25, 0.3) is 0 Å². The first-order valence-electron chi connectivity index (χ1n) is 9.28. The molecule has 26 heavy (non-hydrogen) atoms. The standard InChI is InChI=1S/C20H32N4O.HI/c1-4-14-25-19-11-7-6-10-17(19)15-22-20(21-3)23-16-18(5-2)24-12-8-9-13-24;/h4,6-7,10-11,18H,1,5,8-9,12-16H2,2-3H3,(H2,21,22,23);1H. The van der Waals surface area contributed by atoms with Crippen LogP contribution in [0.4, 0.5) is 0 Å². The molecule has 5 nitrogen and oxygen atoms in total. The van der Waals surface area contributed by atoms with Crippen LogP contribution in [0.3, 0.4) is 0 Å². The predicted molar refractivity (Wildman–Crippen MR) is 121 cm³/mol. The molecule has 1 aromatic rings. The van der Waals surface area contributed by atoms with E-state index in [0.717, 1.165) is 30.2 Å². The highest BCUT2D eigenvalue weighted by atomic mass is 127. The largest absolute Gasteiger partial charge is 0.489 e. The number of hydrogen-bond acceptors (Lipinski definition) is 3. The number of ether oxygens (including phenoxy) is 1. The summed E-state index contributed by atoms with van der Waals surface area (Å²) in [6.07, 6.45) is 5.56. The molecule has 1 aromatic carbocycles. The second kappa shape index (κ2) is 13.0. The topological polar surface area (TPSA) is 48.9 Å². The maximum atomic E-state index is 5.71. The summed E-state index contributed by atoms with van der Waals surface area (Å²) in [5, 5.41) is 6.86. The number of aliphatic imine (C=N–C) groups is 1. The lowest BCUT2D eigenvalue weighted by molar-refractivity contribution is 0.236. The Morgan fingerprint density at radius 3 is 2.69 bits per heavy atom. The van der Waals surface area contributed by atoms with Gasteiger partial charge in [-0.1, -0.05) is 37.8 Å². The Morgan fingerprint density at radius 1 is 1.31 bits per heavy atom. The van der Waals surface area contributed by atoms with Crippen molar-refractivity contribution in [1.82, 2.24) is 15.5 Å². The third-order valence-electron chi connectivity index (χ3n) is 4.63. The minimum Gasteiger partial charge on any atom is -0.489 e. The molecule has 1 atom stereocenters. The molecule has 1 heterocycles. The molecule has 1 fully saturated rings. The van der Waals surface area contributed by atoms with E-state index in [1.807, 2.05) is 25.2 Å². The minimum absolute atomic E-state index is 0. The molecule has 0 spiro atoms. The van der Waals surface area contributed by atoms with Crippen molar-refractivity contribution < 1.29 is 4.74 Å². The van der Waals surface area contributed by atoms with Crippen molar-refractivity contribution in [3.8, 4) is 5.75 Å². The van der Waals surface area contributed by atoms with E-state index in [2.05, 4.69) is 40.1 Å². The van der Waals surface area contributed by atoms with Gasteiger partial charge in [-0.3, -0.25) is 9.89 Å². The van der Waals surface area contributed by atoms with E-state index in [1.165, 1.54) is 25.9 Å². The summed E-state index contributed by atoms with van der Waals surface area (Å²) >= 11 is 0. The van der Waals surface area contributed by atoms with Gasteiger partial charge in [-0.05, 0) is 38.4 Å².